The molecule has 0 spiro atoms. The van der Waals surface area contributed by atoms with E-state index in [1.54, 1.807) is 24.3 Å². The first-order valence-corrected chi connectivity index (χ1v) is 8.73. The van der Waals surface area contributed by atoms with Crippen molar-refractivity contribution in [2.75, 3.05) is 6.54 Å². The van der Waals surface area contributed by atoms with E-state index < -0.39 is 0 Å². The highest BCUT2D eigenvalue weighted by Crippen LogP contribution is 2.36. The van der Waals surface area contributed by atoms with Crippen LogP contribution in [0.15, 0.2) is 48.5 Å². The molecule has 1 amide bonds. The van der Waals surface area contributed by atoms with Crippen molar-refractivity contribution in [1.82, 2.24) is 9.88 Å². The highest BCUT2D eigenvalue weighted by atomic mass is 35.5. The zero-order valence-corrected chi connectivity index (χ0v) is 14.3. The quantitative estimate of drug-likeness (QED) is 0.703. The topological polar surface area (TPSA) is 36.1 Å². The maximum atomic E-state index is 13.0. The van der Waals surface area contributed by atoms with Gasteiger partial charge in [0.2, 0.25) is 0 Å². The molecule has 3 nitrogen and oxygen atoms in total. The standard InChI is InChI=1S/C20H19ClN2O/c1-2-18-19-16(15-5-3-4-6-17(15)22-19)11-12-23(18)20(24)13-7-9-14(21)10-8-13/h3-10,18,22H,2,11-12H2,1H3/t18-/m0/s1. The van der Waals surface area contributed by atoms with Crippen molar-refractivity contribution in [3.63, 3.8) is 0 Å². The van der Waals surface area contributed by atoms with Gasteiger partial charge in [0.05, 0.1) is 6.04 Å². The van der Waals surface area contributed by atoms with E-state index in [1.807, 2.05) is 11.0 Å². The number of fused-ring (bicyclic) bond motifs is 3. The molecule has 4 heteroatoms. The molecule has 0 bridgehead atoms. The maximum Gasteiger partial charge on any atom is 0.254 e. The summed E-state index contributed by atoms with van der Waals surface area (Å²) in [4.78, 5) is 18.5. The average molecular weight is 339 g/mol. The third-order valence-corrected chi connectivity index (χ3v) is 5.15. The summed E-state index contributed by atoms with van der Waals surface area (Å²) >= 11 is 5.94. The number of para-hydroxylation sites is 1. The van der Waals surface area contributed by atoms with E-state index in [4.69, 9.17) is 11.6 Å². The van der Waals surface area contributed by atoms with Gasteiger partial charge in [0.25, 0.3) is 5.91 Å². The fourth-order valence-electron chi connectivity index (χ4n) is 3.74. The van der Waals surface area contributed by atoms with Gasteiger partial charge < -0.3 is 9.88 Å². The number of H-pyrrole nitrogens is 1. The molecule has 0 aliphatic carbocycles. The molecule has 1 aliphatic rings. The second kappa shape index (κ2) is 5.99. The number of nitrogens with one attached hydrogen (secondary N) is 1. The number of rotatable bonds is 2. The second-order valence-electron chi connectivity index (χ2n) is 6.24. The number of nitrogens with zero attached hydrogens (tertiary/aromatic N) is 1. The van der Waals surface area contributed by atoms with E-state index in [1.165, 1.54) is 16.6 Å². The SMILES string of the molecule is CC[C@H]1c2[nH]c3ccccc3c2CCN1C(=O)c1ccc(Cl)cc1. The summed E-state index contributed by atoms with van der Waals surface area (Å²) in [6.07, 6.45) is 1.77. The van der Waals surface area contributed by atoms with Crippen LogP contribution in [0.3, 0.4) is 0 Å². The van der Waals surface area contributed by atoms with Crippen LogP contribution in [0.25, 0.3) is 10.9 Å². The largest absolute Gasteiger partial charge is 0.356 e. The smallest absolute Gasteiger partial charge is 0.254 e. The summed E-state index contributed by atoms with van der Waals surface area (Å²) in [7, 11) is 0. The number of aromatic amines is 1. The Labute approximate surface area is 146 Å². The van der Waals surface area contributed by atoms with Gasteiger partial charge in [-0.2, -0.15) is 0 Å². The minimum atomic E-state index is 0.0721. The first kappa shape index (κ1) is 15.3. The molecule has 1 atom stereocenters. The predicted octanol–water partition coefficient (Wildman–Crippen LogP) is 4.97. The Morgan fingerprint density at radius 2 is 1.96 bits per heavy atom. The molecule has 0 radical (unpaired) electrons. The number of carbonyl (C=O) groups is 1. The molecule has 0 unspecified atom stereocenters. The lowest BCUT2D eigenvalue weighted by molar-refractivity contribution is 0.0652. The van der Waals surface area contributed by atoms with Crippen molar-refractivity contribution in [3.8, 4) is 0 Å². The van der Waals surface area contributed by atoms with Gasteiger partial charge in [-0.25, -0.2) is 0 Å². The van der Waals surface area contributed by atoms with E-state index in [0.717, 1.165) is 24.9 Å². The van der Waals surface area contributed by atoms with Gasteiger partial charge in [0.1, 0.15) is 0 Å². The number of hydrogen-bond donors (Lipinski definition) is 1. The Morgan fingerprint density at radius 3 is 2.71 bits per heavy atom. The fourth-order valence-corrected chi connectivity index (χ4v) is 3.87. The van der Waals surface area contributed by atoms with Crippen molar-refractivity contribution < 1.29 is 4.79 Å². The lowest BCUT2D eigenvalue weighted by Gasteiger charge is -2.35. The van der Waals surface area contributed by atoms with Crippen LogP contribution in [0.4, 0.5) is 0 Å². The van der Waals surface area contributed by atoms with Crippen LogP contribution in [0.5, 0.6) is 0 Å². The first-order valence-electron chi connectivity index (χ1n) is 8.35. The van der Waals surface area contributed by atoms with Gasteiger partial charge in [-0.1, -0.05) is 36.7 Å². The molecule has 1 N–H and O–H groups in total. The van der Waals surface area contributed by atoms with Gasteiger partial charge in [-0.3, -0.25) is 4.79 Å². The molecule has 1 aliphatic heterocycles. The minimum Gasteiger partial charge on any atom is -0.356 e. The molecule has 24 heavy (non-hydrogen) atoms. The van der Waals surface area contributed by atoms with Crippen LogP contribution in [0, 0.1) is 0 Å². The van der Waals surface area contributed by atoms with Crippen molar-refractivity contribution in [1.29, 1.82) is 0 Å². The van der Waals surface area contributed by atoms with E-state index >= 15 is 0 Å². The zero-order chi connectivity index (χ0) is 16.7. The van der Waals surface area contributed by atoms with Crippen molar-refractivity contribution in [2.45, 2.75) is 25.8 Å². The summed E-state index contributed by atoms with van der Waals surface area (Å²) in [6, 6.07) is 15.6. The molecule has 0 saturated carbocycles. The Balaban J connectivity index is 1.73. The molecule has 0 fully saturated rings. The van der Waals surface area contributed by atoms with Gasteiger partial charge >= 0.3 is 0 Å². The third kappa shape index (κ3) is 2.40. The number of amides is 1. The normalized spacial score (nSPS) is 17.1. The van der Waals surface area contributed by atoms with E-state index in [9.17, 15) is 4.79 Å². The van der Waals surface area contributed by atoms with Crippen LogP contribution >= 0.6 is 11.6 Å². The monoisotopic (exact) mass is 338 g/mol. The van der Waals surface area contributed by atoms with Crippen molar-refractivity contribution in [3.05, 3.63) is 70.4 Å². The molecular weight excluding hydrogens is 320 g/mol. The van der Waals surface area contributed by atoms with Crippen LogP contribution in [0.2, 0.25) is 5.02 Å². The number of carbonyl (C=O) groups excluding carboxylic acids is 1. The molecule has 3 aromatic rings. The lowest BCUT2D eigenvalue weighted by atomic mass is 9.95. The third-order valence-electron chi connectivity index (χ3n) is 4.90. The number of benzene rings is 2. The maximum absolute atomic E-state index is 13.0. The highest BCUT2D eigenvalue weighted by Gasteiger charge is 2.32. The van der Waals surface area contributed by atoms with Gasteiger partial charge in [0, 0.05) is 33.7 Å². The molecular formula is C20H19ClN2O. The predicted molar refractivity (Wildman–Crippen MR) is 97.5 cm³/mol. The van der Waals surface area contributed by atoms with Gasteiger partial charge in [-0.15, -0.1) is 0 Å². The van der Waals surface area contributed by atoms with Crippen LogP contribution in [-0.2, 0) is 6.42 Å². The summed E-state index contributed by atoms with van der Waals surface area (Å²) in [5.74, 6) is 0.0721. The Bertz CT molecular complexity index is 898. The Hall–Kier alpha value is -2.26. The summed E-state index contributed by atoms with van der Waals surface area (Å²) in [5, 5.41) is 1.93. The Kier molecular flexibility index (Phi) is 3.81. The van der Waals surface area contributed by atoms with Crippen molar-refractivity contribution in [2.24, 2.45) is 0 Å². The van der Waals surface area contributed by atoms with E-state index in [0.29, 0.717) is 10.6 Å². The van der Waals surface area contributed by atoms with Crippen LogP contribution in [-0.4, -0.2) is 22.3 Å². The number of aromatic nitrogens is 1. The number of halogens is 1. The average Bonchev–Trinajstić information content (AvgIpc) is 2.99. The minimum absolute atomic E-state index is 0.0721. The van der Waals surface area contributed by atoms with E-state index in [-0.39, 0.29) is 11.9 Å². The second-order valence-corrected chi connectivity index (χ2v) is 6.68. The summed E-state index contributed by atoms with van der Waals surface area (Å²) < 4.78 is 0. The van der Waals surface area contributed by atoms with Crippen LogP contribution in [0.1, 0.15) is 41.0 Å². The summed E-state index contributed by atoms with van der Waals surface area (Å²) in [5.41, 5.74) is 4.39. The molecule has 0 saturated heterocycles. The fraction of sp³-hybridized carbons (Fsp3) is 0.250. The summed E-state index contributed by atoms with van der Waals surface area (Å²) in [6.45, 7) is 2.88. The van der Waals surface area contributed by atoms with Gasteiger partial charge in [-0.05, 0) is 48.7 Å². The Morgan fingerprint density at radius 1 is 1.21 bits per heavy atom. The molecule has 2 aromatic carbocycles. The van der Waals surface area contributed by atoms with Gasteiger partial charge in [0.15, 0.2) is 0 Å². The molecule has 1 aromatic heterocycles. The number of hydrogen-bond acceptors (Lipinski definition) is 1. The van der Waals surface area contributed by atoms with Crippen molar-refractivity contribution >= 4 is 28.4 Å². The first-order chi connectivity index (χ1) is 11.7. The van der Waals surface area contributed by atoms with Crippen LogP contribution < -0.4 is 0 Å². The molecule has 2 heterocycles. The van der Waals surface area contributed by atoms with E-state index in [2.05, 4.69) is 30.1 Å². The zero-order valence-electron chi connectivity index (χ0n) is 13.6. The molecule has 4 rings (SSSR count). The lowest BCUT2D eigenvalue weighted by Crippen LogP contribution is -2.39. The molecule has 122 valence electrons. The highest BCUT2D eigenvalue weighted by molar-refractivity contribution is 6.30.